The number of nitrogens with two attached hydrogens (primary N) is 1. The lowest BCUT2D eigenvalue weighted by Crippen LogP contribution is -2.30. The molecule has 0 aliphatic heterocycles. The van der Waals surface area contributed by atoms with Crippen LogP contribution < -0.4 is 10.5 Å². The van der Waals surface area contributed by atoms with Crippen LogP contribution in [0.15, 0.2) is 24.3 Å². The van der Waals surface area contributed by atoms with Crippen molar-refractivity contribution in [1.82, 2.24) is 0 Å². The molecule has 0 bridgehead atoms. The summed E-state index contributed by atoms with van der Waals surface area (Å²) < 4.78 is 5.15. The Balaban J connectivity index is 2.18. The van der Waals surface area contributed by atoms with Crippen LogP contribution in [-0.4, -0.2) is 24.2 Å². The molecule has 1 atom stereocenters. The first-order valence-electron chi connectivity index (χ1n) is 5.46. The van der Waals surface area contributed by atoms with Crippen molar-refractivity contribution in [3.63, 3.8) is 0 Å². The second kappa shape index (κ2) is 4.59. The molecule has 4 heteroatoms. The topological polar surface area (TPSA) is 72.5 Å². The highest BCUT2D eigenvalue weighted by atomic mass is 16.5. The standard InChI is InChI=1S/C13H15NO3/c1-17-10-4-5-11-8(6-10)2-3-9(11)7-12(14)13(15)16/h3-6,12H,2,7,14H2,1H3,(H,15,16). The molecule has 1 aromatic rings. The predicted octanol–water partition coefficient (Wildman–Crippen LogP) is 1.44. The number of methoxy groups -OCH3 is 1. The van der Waals surface area contributed by atoms with E-state index in [-0.39, 0.29) is 0 Å². The van der Waals surface area contributed by atoms with Crippen molar-refractivity contribution in [3.05, 3.63) is 35.4 Å². The number of hydrogen-bond donors (Lipinski definition) is 2. The lowest BCUT2D eigenvalue weighted by atomic mass is 10.00. The van der Waals surface area contributed by atoms with Gasteiger partial charge in [-0.3, -0.25) is 4.79 Å². The zero-order valence-electron chi connectivity index (χ0n) is 9.64. The third-order valence-corrected chi connectivity index (χ3v) is 2.98. The van der Waals surface area contributed by atoms with Crippen LogP contribution in [0, 0.1) is 0 Å². The van der Waals surface area contributed by atoms with E-state index in [0.29, 0.717) is 6.42 Å². The van der Waals surface area contributed by atoms with Crippen molar-refractivity contribution < 1.29 is 14.6 Å². The fourth-order valence-electron chi connectivity index (χ4n) is 2.04. The van der Waals surface area contributed by atoms with E-state index in [2.05, 4.69) is 0 Å². The lowest BCUT2D eigenvalue weighted by Gasteiger charge is -2.10. The minimum absolute atomic E-state index is 0.370. The number of aliphatic carboxylic acids is 1. The van der Waals surface area contributed by atoms with Crippen molar-refractivity contribution in [2.75, 3.05) is 7.11 Å². The van der Waals surface area contributed by atoms with E-state index in [4.69, 9.17) is 15.6 Å². The third kappa shape index (κ3) is 2.31. The van der Waals surface area contributed by atoms with Gasteiger partial charge in [-0.05, 0) is 41.7 Å². The molecule has 0 saturated carbocycles. The van der Waals surface area contributed by atoms with E-state index in [1.54, 1.807) is 7.11 Å². The number of benzene rings is 1. The van der Waals surface area contributed by atoms with E-state index >= 15 is 0 Å². The first-order chi connectivity index (χ1) is 8.11. The largest absolute Gasteiger partial charge is 0.497 e. The van der Waals surface area contributed by atoms with Crippen molar-refractivity contribution in [1.29, 1.82) is 0 Å². The lowest BCUT2D eigenvalue weighted by molar-refractivity contribution is -0.138. The molecule has 1 aliphatic rings. The maximum Gasteiger partial charge on any atom is 0.320 e. The molecule has 4 nitrogen and oxygen atoms in total. The summed E-state index contributed by atoms with van der Waals surface area (Å²) in [4.78, 5) is 10.7. The van der Waals surface area contributed by atoms with Gasteiger partial charge in [0.2, 0.25) is 0 Å². The number of carboxylic acid groups (broad SMARTS) is 1. The van der Waals surface area contributed by atoms with Gasteiger partial charge in [0.15, 0.2) is 0 Å². The SMILES string of the molecule is COc1ccc2c(c1)CC=C2CC(N)C(=O)O. The molecule has 0 spiro atoms. The predicted molar refractivity (Wildman–Crippen MR) is 64.9 cm³/mol. The van der Waals surface area contributed by atoms with Gasteiger partial charge in [-0.1, -0.05) is 12.1 Å². The average molecular weight is 233 g/mol. The van der Waals surface area contributed by atoms with Gasteiger partial charge < -0.3 is 15.6 Å². The summed E-state index contributed by atoms with van der Waals surface area (Å²) in [5, 5.41) is 8.80. The highest BCUT2D eigenvalue weighted by Crippen LogP contribution is 2.32. The number of carboxylic acids is 1. The van der Waals surface area contributed by atoms with Crippen LogP contribution in [0.5, 0.6) is 5.75 Å². The minimum Gasteiger partial charge on any atom is -0.497 e. The van der Waals surface area contributed by atoms with Gasteiger partial charge >= 0.3 is 5.97 Å². The molecule has 0 saturated heterocycles. The van der Waals surface area contributed by atoms with Crippen LogP contribution in [0.25, 0.3) is 5.57 Å². The Labute approximate surface area is 99.7 Å². The summed E-state index contributed by atoms with van der Waals surface area (Å²) in [6.07, 6.45) is 3.22. The number of ether oxygens (including phenoxy) is 1. The molecule has 17 heavy (non-hydrogen) atoms. The van der Waals surface area contributed by atoms with Gasteiger partial charge in [-0.2, -0.15) is 0 Å². The Morgan fingerprint density at radius 3 is 3.00 bits per heavy atom. The molecule has 1 aromatic carbocycles. The number of fused-ring (bicyclic) bond motifs is 1. The van der Waals surface area contributed by atoms with Gasteiger partial charge in [0.05, 0.1) is 7.11 Å². The molecule has 0 heterocycles. The van der Waals surface area contributed by atoms with Crippen LogP contribution in [0.4, 0.5) is 0 Å². The Morgan fingerprint density at radius 1 is 1.59 bits per heavy atom. The zero-order valence-corrected chi connectivity index (χ0v) is 9.64. The van der Waals surface area contributed by atoms with Crippen molar-refractivity contribution in [2.45, 2.75) is 18.9 Å². The molecule has 1 aliphatic carbocycles. The molecule has 1 unspecified atom stereocenters. The molecule has 0 fully saturated rings. The Morgan fingerprint density at radius 2 is 2.35 bits per heavy atom. The summed E-state index contributed by atoms with van der Waals surface area (Å²) in [7, 11) is 1.63. The maximum absolute atomic E-state index is 10.7. The van der Waals surface area contributed by atoms with Crippen LogP contribution in [0.2, 0.25) is 0 Å². The Bertz CT molecular complexity index is 480. The summed E-state index contributed by atoms with van der Waals surface area (Å²) in [6, 6.07) is 4.98. The average Bonchev–Trinajstić information content (AvgIpc) is 2.71. The fraction of sp³-hybridized carbons (Fsp3) is 0.308. The van der Waals surface area contributed by atoms with Crippen molar-refractivity contribution >= 4 is 11.5 Å². The molecular weight excluding hydrogens is 218 g/mol. The molecular formula is C13H15NO3. The first-order valence-corrected chi connectivity index (χ1v) is 5.46. The molecule has 0 amide bonds. The Hall–Kier alpha value is -1.81. The molecule has 0 aromatic heterocycles. The second-order valence-electron chi connectivity index (χ2n) is 4.11. The first kappa shape index (κ1) is 11.7. The smallest absolute Gasteiger partial charge is 0.320 e. The zero-order chi connectivity index (χ0) is 12.4. The third-order valence-electron chi connectivity index (χ3n) is 2.98. The number of carbonyl (C=O) groups is 1. The summed E-state index contributed by atoms with van der Waals surface area (Å²) >= 11 is 0. The van der Waals surface area contributed by atoms with E-state index in [1.165, 1.54) is 0 Å². The second-order valence-corrected chi connectivity index (χ2v) is 4.11. The number of rotatable bonds is 4. The van der Waals surface area contributed by atoms with Gasteiger partial charge in [0, 0.05) is 0 Å². The summed E-state index contributed by atoms with van der Waals surface area (Å²) in [6.45, 7) is 0. The molecule has 0 radical (unpaired) electrons. The van der Waals surface area contributed by atoms with Crippen molar-refractivity contribution in [2.24, 2.45) is 5.73 Å². The van der Waals surface area contributed by atoms with Crippen LogP contribution in [0.1, 0.15) is 17.5 Å². The van der Waals surface area contributed by atoms with Crippen LogP contribution in [-0.2, 0) is 11.2 Å². The van der Waals surface area contributed by atoms with Gasteiger partial charge in [0.25, 0.3) is 0 Å². The number of hydrogen-bond acceptors (Lipinski definition) is 3. The summed E-state index contributed by atoms with van der Waals surface area (Å²) in [5.74, 6) is -0.145. The number of allylic oxidation sites excluding steroid dienone is 1. The quantitative estimate of drug-likeness (QED) is 0.825. The van der Waals surface area contributed by atoms with Gasteiger partial charge in [-0.25, -0.2) is 0 Å². The van der Waals surface area contributed by atoms with Crippen LogP contribution >= 0.6 is 0 Å². The van der Waals surface area contributed by atoms with E-state index in [9.17, 15) is 4.79 Å². The van der Waals surface area contributed by atoms with Crippen molar-refractivity contribution in [3.8, 4) is 5.75 Å². The van der Waals surface area contributed by atoms with E-state index in [0.717, 1.165) is 28.9 Å². The normalized spacial score (nSPS) is 15.1. The monoisotopic (exact) mass is 233 g/mol. The minimum atomic E-state index is -0.965. The summed E-state index contributed by atoms with van der Waals surface area (Å²) in [5.41, 5.74) is 8.81. The maximum atomic E-state index is 10.7. The fourth-order valence-corrected chi connectivity index (χ4v) is 2.04. The highest BCUT2D eigenvalue weighted by molar-refractivity contribution is 5.80. The van der Waals surface area contributed by atoms with E-state index in [1.807, 2.05) is 24.3 Å². The molecule has 3 N–H and O–H groups in total. The van der Waals surface area contributed by atoms with Gasteiger partial charge in [0.1, 0.15) is 11.8 Å². The van der Waals surface area contributed by atoms with E-state index < -0.39 is 12.0 Å². The highest BCUT2D eigenvalue weighted by Gasteiger charge is 2.20. The molecule has 2 rings (SSSR count). The Kier molecular flexibility index (Phi) is 3.15. The van der Waals surface area contributed by atoms with Gasteiger partial charge in [-0.15, -0.1) is 0 Å². The van der Waals surface area contributed by atoms with Crippen LogP contribution in [0.3, 0.4) is 0 Å². The molecule has 90 valence electrons.